The van der Waals surface area contributed by atoms with Crippen LogP contribution in [-0.4, -0.2) is 32.8 Å². The molecule has 0 saturated carbocycles. The van der Waals surface area contributed by atoms with Crippen molar-refractivity contribution in [2.24, 2.45) is 0 Å². The number of hydrogen-bond acceptors (Lipinski definition) is 4. The van der Waals surface area contributed by atoms with Crippen molar-refractivity contribution in [2.45, 2.75) is 57.8 Å². The summed E-state index contributed by atoms with van der Waals surface area (Å²) < 4.78 is 0. The molecule has 0 aromatic heterocycles. The maximum Gasteiger partial charge on any atom is 0.116 e. The van der Waals surface area contributed by atoms with Gasteiger partial charge in [0.15, 0.2) is 0 Å². The van der Waals surface area contributed by atoms with Crippen LogP contribution < -0.4 is 0 Å². The molecule has 19 heavy (non-hydrogen) atoms. The summed E-state index contributed by atoms with van der Waals surface area (Å²) in [4.78, 5) is 4.28. The molecule has 0 aliphatic heterocycles. The van der Waals surface area contributed by atoms with Gasteiger partial charge in [0.05, 0.1) is 11.7 Å². The first-order chi connectivity index (χ1) is 8.62. The summed E-state index contributed by atoms with van der Waals surface area (Å²) in [5, 5.41) is 28.2. The Kier molecular flexibility index (Phi) is 7.23. The van der Waals surface area contributed by atoms with E-state index in [-0.39, 0.29) is 6.42 Å². The third kappa shape index (κ3) is 8.72. The maximum atomic E-state index is 9.82. The topological polar surface area (TPSA) is 69.9 Å². The molecule has 0 heterocycles. The van der Waals surface area contributed by atoms with Gasteiger partial charge in [-0.3, -0.25) is 5.26 Å². The average Bonchev–Trinajstić information content (AvgIpc) is 2.27. The van der Waals surface area contributed by atoms with Crippen molar-refractivity contribution in [3.63, 3.8) is 0 Å². The largest absolute Gasteiger partial charge is 0.389 e. The van der Waals surface area contributed by atoms with Gasteiger partial charge >= 0.3 is 0 Å². The van der Waals surface area contributed by atoms with Crippen LogP contribution in [0.2, 0.25) is 0 Å². The van der Waals surface area contributed by atoms with Crippen LogP contribution in [0.15, 0.2) is 36.5 Å². The predicted octanol–water partition coefficient (Wildman–Crippen LogP) is 2.84. The summed E-state index contributed by atoms with van der Waals surface area (Å²) >= 11 is 0. The van der Waals surface area contributed by atoms with Crippen molar-refractivity contribution in [3.05, 3.63) is 36.5 Å². The van der Waals surface area contributed by atoms with Gasteiger partial charge in [-0.2, -0.15) is 0 Å². The second kappa shape index (κ2) is 7.60. The van der Waals surface area contributed by atoms with E-state index in [0.717, 1.165) is 5.57 Å². The first-order valence-electron chi connectivity index (χ1n) is 6.33. The summed E-state index contributed by atoms with van der Waals surface area (Å²) in [6, 6.07) is 0. The minimum Gasteiger partial charge on any atom is -0.389 e. The summed E-state index contributed by atoms with van der Waals surface area (Å²) in [5.41, 5.74) is -0.818. The molecule has 0 aliphatic rings. The van der Waals surface area contributed by atoms with E-state index in [1.54, 1.807) is 32.9 Å². The molecular formula is C15H26O4. The van der Waals surface area contributed by atoms with Crippen LogP contribution >= 0.6 is 0 Å². The zero-order chi connectivity index (χ0) is 15.1. The highest BCUT2D eigenvalue weighted by Gasteiger charge is 2.19. The Morgan fingerprint density at radius 3 is 2.42 bits per heavy atom. The molecule has 0 radical (unpaired) electrons. The zero-order valence-corrected chi connectivity index (χ0v) is 12.3. The van der Waals surface area contributed by atoms with E-state index in [0.29, 0.717) is 6.42 Å². The summed E-state index contributed by atoms with van der Waals surface area (Å²) in [6.45, 7) is 10.5. The van der Waals surface area contributed by atoms with Crippen LogP contribution in [0.1, 0.15) is 40.5 Å². The molecule has 0 aromatic rings. The highest BCUT2D eigenvalue weighted by atomic mass is 17.1. The van der Waals surface area contributed by atoms with Crippen molar-refractivity contribution in [1.29, 1.82) is 0 Å². The van der Waals surface area contributed by atoms with Crippen LogP contribution in [0.25, 0.3) is 0 Å². The SMILES string of the molecule is C=C[C@@](C)(O)C[C@@H](O)/C=C(\C)C/C=C/C(C)(C)OO. The lowest BCUT2D eigenvalue weighted by Crippen LogP contribution is -2.26. The maximum absolute atomic E-state index is 9.82. The number of hydrogen-bond donors (Lipinski definition) is 3. The van der Waals surface area contributed by atoms with E-state index < -0.39 is 17.3 Å². The van der Waals surface area contributed by atoms with Gasteiger partial charge < -0.3 is 10.2 Å². The van der Waals surface area contributed by atoms with E-state index in [9.17, 15) is 10.2 Å². The van der Waals surface area contributed by atoms with Gasteiger partial charge in [0, 0.05) is 6.42 Å². The molecule has 4 nitrogen and oxygen atoms in total. The molecule has 0 rings (SSSR count). The van der Waals surface area contributed by atoms with Gasteiger partial charge in [0.2, 0.25) is 0 Å². The molecule has 0 spiro atoms. The summed E-state index contributed by atoms with van der Waals surface area (Å²) in [7, 11) is 0. The molecule has 110 valence electrons. The normalized spacial score (nSPS) is 18.4. The lowest BCUT2D eigenvalue weighted by molar-refractivity contribution is -0.297. The Bertz CT molecular complexity index is 340. The van der Waals surface area contributed by atoms with Gasteiger partial charge in [-0.05, 0) is 34.1 Å². The van der Waals surface area contributed by atoms with Crippen LogP contribution in [0, 0.1) is 0 Å². The Morgan fingerprint density at radius 2 is 1.95 bits per heavy atom. The van der Waals surface area contributed by atoms with E-state index in [2.05, 4.69) is 11.5 Å². The number of allylic oxidation sites excluding steroid dienone is 2. The fraction of sp³-hybridized carbons (Fsp3) is 0.600. The Labute approximate surface area is 115 Å². The molecule has 0 aromatic carbocycles. The highest BCUT2D eigenvalue weighted by Crippen LogP contribution is 2.16. The average molecular weight is 270 g/mol. The minimum absolute atomic E-state index is 0.211. The highest BCUT2D eigenvalue weighted by molar-refractivity contribution is 5.10. The van der Waals surface area contributed by atoms with Crippen molar-refractivity contribution < 1.29 is 20.4 Å². The molecule has 0 saturated heterocycles. The fourth-order valence-electron chi connectivity index (χ4n) is 1.52. The Balaban J connectivity index is 4.38. The van der Waals surface area contributed by atoms with E-state index in [4.69, 9.17) is 5.26 Å². The van der Waals surface area contributed by atoms with E-state index in [1.807, 2.05) is 13.0 Å². The van der Waals surface area contributed by atoms with Gasteiger partial charge in [0.1, 0.15) is 5.60 Å². The lowest BCUT2D eigenvalue weighted by Gasteiger charge is -2.20. The number of aliphatic hydroxyl groups excluding tert-OH is 1. The van der Waals surface area contributed by atoms with Crippen molar-refractivity contribution in [3.8, 4) is 0 Å². The van der Waals surface area contributed by atoms with Crippen LogP contribution in [0.3, 0.4) is 0 Å². The fourth-order valence-corrected chi connectivity index (χ4v) is 1.52. The monoisotopic (exact) mass is 270 g/mol. The third-order valence-electron chi connectivity index (χ3n) is 2.73. The molecule has 0 fully saturated rings. The predicted molar refractivity (Wildman–Crippen MR) is 76.8 cm³/mol. The van der Waals surface area contributed by atoms with Crippen LogP contribution in [-0.2, 0) is 4.89 Å². The van der Waals surface area contributed by atoms with Gasteiger partial charge in [-0.25, -0.2) is 4.89 Å². The number of aliphatic hydroxyl groups is 2. The van der Waals surface area contributed by atoms with Gasteiger partial charge in [-0.15, -0.1) is 6.58 Å². The van der Waals surface area contributed by atoms with E-state index in [1.165, 1.54) is 6.08 Å². The zero-order valence-electron chi connectivity index (χ0n) is 12.3. The van der Waals surface area contributed by atoms with Gasteiger partial charge in [-0.1, -0.05) is 29.9 Å². The van der Waals surface area contributed by atoms with Gasteiger partial charge in [0.25, 0.3) is 0 Å². The molecule has 0 unspecified atom stereocenters. The smallest absolute Gasteiger partial charge is 0.116 e. The summed E-state index contributed by atoms with van der Waals surface area (Å²) in [6.07, 6.45) is 6.86. The Hall–Kier alpha value is -0.940. The summed E-state index contributed by atoms with van der Waals surface area (Å²) in [5.74, 6) is 0. The second-order valence-corrected chi connectivity index (χ2v) is 5.65. The molecule has 0 bridgehead atoms. The van der Waals surface area contributed by atoms with Crippen molar-refractivity contribution in [1.82, 2.24) is 0 Å². The standard InChI is InChI=1S/C15H26O4/c1-6-15(5,17)11-13(16)10-12(2)8-7-9-14(3,4)19-18/h6-7,9-10,13,16-18H,1,8,11H2,2-5H3/b9-7+,12-10+/t13-,15+/m0/s1. The quantitative estimate of drug-likeness (QED) is 0.360. The van der Waals surface area contributed by atoms with Crippen molar-refractivity contribution >= 4 is 0 Å². The first-order valence-corrected chi connectivity index (χ1v) is 6.33. The molecule has 0 amide bonds. The minimum atomic E-state index is -1.07. The molecule has 0 aliphatic carbocycles. The third-order valence-corrected chi connectivity index (χ3v) is 2.73. The van der Waals surface area contributed by atoms with Crippen LogP contribution in [0.4, 0.5) is 0 Å². The van der Waals surface area contributed by atoms with Crippen molar-refractivity contribution in [2.75, 3.05) is 0 Å². The molecule has 3 N–H and O–H groups in total. The van der Waals surface area contributed by atoms with Crippen LogP contribution in [0.5, 0.6) is 0 Å². The number of rotatable bonds is 8. The lowest BCUT2D eigenvalue weighted by atomic mass is 9.97. The second-order valence-electron chi connectivity index (χ2n) is 5.65. The van der Waals surface area contributed by atoms with E-state index >= 15 is 0 Å². The molecule has 2 atom stereocenters. The first kappa shape index (κ1) is 18.1. The molecule has 4 heteroatoms. The Morgan fingerprint density at radius 1 is 1.37 bits per heavy atom. The molecular weight excluding hydrogens is 244 g/mol.